The molecule has 1 fully saturated rings. The van der Waals surface area contributed by atoms with Crippen LogP contribution >= 0.6 is 0 Å². The van der Waals surface area contributed by atoms with Gasteiger partial charge in [0.2, 0.25) is 0 Å². The highest BCUT2D eigenvalue weighted by atomic mass is 16.7. The van der Waals surface area contributed by atoms with E-state index in [1.807, 2.05) is 0 Å². The molecule has 58 valence electrons. The van der Waals surface area contributed by atoms with Gasteiger partial charge < -0.3 is 9.47 Å². The molecule has 1 saturated heterocycles. The Kier molecular flexibility index (Phi) is 1.66. The smallest absolute Gasteiger partial charge is 0.347 e. The lowest BCUT2D eigenvalue weighted by molar-refractivity contribution is -0.196. The van der Waals surface area contributed by atoms with E-state index >= 15 is 0 Å². The fourth-order valence-corrected chi connectivity index (χ4v) is 0.659. The van der Waals surface area contributed by atoms with Crippen molar-refractivity contribution in [1.29, 1.82) is 0 Å². The van der Waals surface area contributed by atoms with Crippen LogP contribution in [0, 0.1) is 0 Å². The topological polar surface area (TPSA) is 52.6 Å². The predicted molar refractivity (Wildman–Crippen MR) is 35.8 cm³/mol. The molecule has 0 saturated carbocycles. The Bertz CT molecular complexity index is 211. The molecular formula is C6H7BO4. The number of cyclic esters (lactones) is 2. The number of esters is 2. The first-order chi connectivity index (χ1) is 4.93. The van der Waals surface area contributed by atoms with E-state index in [-0.39, 0.29) is 0 Å². The van der Waals surface area contributed by atoms with Crippen LogP contribution in [0.25, 0.3) is 0 Å². The zero-order chi connectivity index (χ0) is 8.65. The molecule has 1 heterocycles. The monoisotopic (exact) mass is 154 g/mol. The summed E-state index contributed by atoms with van der Waals surface area (Å²) in [5.74, 6) is -1.33. The molecule has 2 radical (unpaired) electrons. The Morgan fingerprint density at radius 3 is 2.55 bits per heavy atom. The van der Waals surface area contributed by atoms with Crippen molar-refractivity contribution in [2.75, 3.05) is 0 Å². The van der Waals surface area contributed by atoms with Crippen LogP contribution in [0.3, 0.4) is 0 Å². The van der Waals surface area contributed by atoms with E-state index in [4.69, 9.17) is 7.85 Å². The number of ether oxygens (including phenoxy) is 2. The lowest BCUT2D eigenvalue weighted by Crippen LogP contribution is -2.51. The maximum atomic E-state index is 10.8. The second-order valence-electron chi connectivity index (χ2n) is 2.58. The van der Waals surface area contributed by atoms with Gasteiger partial charge in [0.1, 0.15) is 7.85 Å². The van der Waals surface area contributed by atoms with Gasteiger partial charge in [0.25, 0.3) is 0 Å². The van der Waals surface area contributed by atoms with Crippen LogP contribution < -0.4 is 0 Å². The summed E-state index contributed by atoms with van der Waals surface area (Å²) < 4.78 is 9.14. The Balaban J connectivity index is 2.79. The number of rotatable bonds is 0. The molecule has 0 amide bonds. The Morgan fingerprint density at radius 1 is 1.55 bits per heavy atom. The van der Waals surface area contributed by atoms with Crippen molar-refractivity contribution in [3.63, 3.8) is 0 Å². The van der Waals surface area contributed by atoms with Crippen LogP contribution in [0.1, 0.15) is 13.8 Å². The lowest BCUT2D eigenvalue weighted by atomic mass is 9.83. The van der Waals surface area contributed by atoms with E-state index in [0.717, 1.165) is 0 Å². The molecule has 11 heavy (non-hydrogen) atoms. The summed E-state index contributed by atoms with van der Waals surface area (Å²) in [5, 5.41) is 0. The van der Waals surface area contributed by atoms with Gasteiger partial charge in [0.05, 0.1) is 0 Å². The molecule has 1 aliphatic rings. The Labute approximate surface area is 65.3 Å². The standard InChI is InChI=1S/C6H7BO4/c1-3-4(8)11-6(2,7)5(9)10-3/h3H,1-2H3. The molecule has 0 aromatic rings. The Morgan fingerprint density at radius 2 is 2.09 bits per heavy atom. The molecular weight excluding hydrogens is 147 g/mol. The van der Waals surface area contributed by atoms with Gasteiger partial charge in [-0.1, -0.05) is 0 Å². The zero-order valence-corrected chi connectivity index (χ0v) is 6.29. The van der Waals surface area contributed by atoms with Crippen LogP contribution in [0.2, 0.25) is 0 Å². The van der Waals surface area contributed by atoms with E-state index < -0.39 is 23.5 Å². The van der Waals surface area contributed by atoms with E-state index in [9.17, 15) is 9.59 Å². The van der Waals surface area contributed by atoms with Crippen LogP contribution in [0.5, 0.6) is 0 Å². The Hall–Kier alpha value is -0.995. The van der Waals surface area contributed by atoms with Crippen molar-refractivity contribution < 1.29 is 19.1 Å². The third-order valence-corrected chi connectivity index (χ3v) is 1.33. The van der Waals surface area contributed by atoms with Gasteiger partial charge in [-0.15, -0.1) is 0 Å². The summed E-state index contributed by atoms with van der Waals surface area (Å²) in [6.07, 6.45) is -0.848. The minimum Gasteiger partial charge on any atom is -0.456 e. The third-order valence-electron chi connectivity index (χ3n) is 1.33. The minimum atomic E-state index is -1.62. The van der Waals surface area contributed by atoms with E-state index in [1.165, 1.54) is 13.8 Å². The highest BCUT2D eigenvalue weighted by Gasteiger charge is 2.41. The molecule has 0 N–H and O–H groups in total. The normalized spacial score (nSPS) is 37.8. The van der Waals surface area contributed by atoms with Gasteiger partial charge in [-0.05, 0) is 13.8 Å². The van der Waals surface area contributed by atoms with Crippen LogP contribution in [0.15, 0.2) is 0 Å². The molecule has 1 rings (SSSR count). The maximum Gasteiger partial charge on any atom is 0.347 e. The molecule has 2 unspecified atom stereocenters. The SMILES string of the molecule is [B]C1(C)OC(=O)C(C)OC1=O. The number of hydrogen-bond donors (Lipinski definition) is 0. The van der Waals surface area contributed by atoms with Crippen LogP contribution in [0.4, 0.5) is 0 Å². The molecule has 0 aliphatic carbocycles. The van der Waals surface area contributed by atoms with Gasteiger partial charge in [-0.3, -0.25) is 0 Å². The summed E-state index contributed by atoms with van der Waals surface area (Å²) in [6, 6.07) is 0. The summed E-state index contributed by atoms with van der Waals surface area (Å²) in [6.45, 7) is 2.70. The van der Waals surface area contributed by atoms with Gasteiger partial charge in [0, 0.05) is 0 Å². The number of hydrogen-bond acceptors (Lipinski definition) is 4. The first-order valence-corrected chi connectivity index (χ1v) is 3.16. The summed E-state index contributed by atoms with van der Waals surface area (Å²) in [5.41, 5.74) is -1.62. The van der Waals surface area contributed by atoms with E-state index in [0.29, 0.717) is 0 Å². The molecule has 0 spiro atoms. The van der Waals surface area contributed by atoms with Crippen molar-refractivity contribution in [3.05, 3.63) is 0 Å². The van der Waals surface area contributed by atoms with Crippen LogP contribution in [-0.2, 0) is 19.1 Å². The van der Waals surface area contributed by atoms with Gasteiger partial charge >= 0.3 is 11.9 Å². The highest BCUT2D eigenvalue weighted by molar-refractivity contribution is 6.27. The molecule has 0 aromatic carbocycles. The fraction of sp³-hybridized carbons (Fsp3) is 0.667. The predicted octanol–water partition coefficient (Wildman–Crippen LogP) is -0.640. The minimum absolute atomic E-state index is 0.616. The fourth-order valence-electron chi connectivity index (χ4n) is 0.659. The first-order valence-electron chi connectivity index (χ1n) is 3.16. The largest absolute Gasteiger partial charge is 0.456 e. The maximum absolute atomic E-state index is 10.8. The van der Waals surface area contributed by atoms with E-state index in [2.05, 4.69) is 9.47 Å². The average molecular weight is 154 g/mol. The summed E-state index contributed by atoms with van der Waals surface area (Å²) in [7, 11) is 5.26. The molecule has 5 heteroatoms. The third kappa shape index (κ3) is 1.36. The van der Waals surface area contributed by atoms with Crippen molar-refractivity contribution in [3.8, 4) is 0 Å². The molecule has 0 bridgehead atoms. The quantitative estimate of drug-likeness (QED) is 0.344. The zero-order valence-electron chi connectivity index (χ0n) is 6.29. The second-order valence-corrected chi connectivity index (χ2v) is 2.58. The van der Waals surface area contributed by atoms with Crippen molar-refractivity contribution in [2.24, 2.45) is 0 Å². The average Bonchev–Trinajstić information content (AvgIpc) is 1.83. The molecule has 1 aliphatic heterocycles. The summed E-state index contributed by atoms with van der Waals surface area (Å²) >= 11 is 0. The second kappa shape index (κ2) is 2.25. The van der Waals surface area contributed by atoms with Crippen LogP contribution in [-0.4, -0.2) is 31.4 Å². The van der Waals surface area contributed by atoms with E-state index in [1.54, 1.807) is 0 Å². The van der Waals surface area contributed by atoms with Gasteiger partial charge in [-0.2, -0.15) is 0 Å². The van der Waals surface area contributed by atoms with Crippen molar-refractivity contribution >= 4 is 19.8 Å². The number of carbonyl (C=O) groups is 2. The van der Waals surface area contributed by atoms with Gasteiger partial charge in [-0.25, -0.2) is 9.59 Å². The lowest BCUT2D eigenvalue weighted by Gasteiger charge is -2.31. The molecule has 2 atom stereocenters. The van der Waals surface area contributed by atoms with Gasteiger partial charge in [0.15, 0.2) is 11.6 Å². The van der Waals surface area contributed by atoms with Crippen molar-refractivity contribution in [1.82, 2.24) is 0 Å². The van der Waals surface area contributed by atoms with Crippen molar-refractivity contribution in [2.45, 2.75) is 25.5 Å². The number of carbonyl (C=O) groups excluding carboxylic acids is 2. The first kappa shape index (κ1) is 8.10. The highest BCUT2D eigenvalue weighted by Crippen LogP contribution is 2.16. The molecule has 4 nitrogen and oxygen atoms in total. The molecule has 0 aromatic heterocycles. The summed E-state index contributed by atoms with van der Waals surface area (Å²) in [4.78, 5) is 21.6.